The van der Waals surface area contributed by atoms with Crippen molar-refractivity contribution in [1.82, 2.24) is 9.97 Å². The van der Waals surface area contributed by atoms with Gasteiger partial charge in [0.2, 0.25) is 5.95 Å². The van der Waals surface area contributed by atoms with Gasteiger partial charge in [0.25, 0.3) is 0 Å². The van der Waals surface area contributed by atoms with Crippen LogP contribution in [0.2, 0.25) is 10.0 Å². The van der Waals surface area contributed by atoms with Crippen LogP contribution in [-0.4, -0.2) is 16.0 Å². The van der Waals surface area contributed by atoms with Gasteiger partial charge in [0.15, 0.2) is 5.82 Å². The minimum Gasteiger partial charge on any atom is -0.339 e. The van der Waals surface area contributed by atoms with Crippen LogP contribution in [-0.2, 0) is 6.42 Å². The number of allylic oxidation sites excluding steroid dienone is 4. The number of anilines is 5. The molecular formula is C25H22Cl2N6O. The van der Waals surface area contributed by atoms with Crippen molar-refractivity contribution in [3.05, 3.63) is 88.2 Å². The van der Waals surface area contributed by atoms with Gasteiger partial charge in [-0.05, 0) is 73.2 Å². The largest absolute Gasteiger partial charge is 0.339 e. The Morgan fingerprint density at radius 1 is 1.09 bits per heavy atom. The molecule has 1 unspecified atom stereocenters. The lowest BCUT2D eigenvalue weighted by Crippen LogP contribution is -2.20. The van der Waals surface area contributed by atoms with Crippen LogP contribution in [0.15, 0.2) is 72.6 Å². The number of aryl methyl sites for hydroxylation is 1. The van der Waals surface area contributed by atoms with E-state index in [-0.39, 0.29) is 6.03 Å². The maximum atomic E-state index is 12.7. The fourth-order valence-corrected chi connectivity index (χ4v) is 4.35. The number of carbonyl (C=O) groups is 1. The van der Waals surface area contributed by atoms with Gasteiger partial charge in [0.1, 0.15) is 5.02 Å². The van der Waals surface area contributed by atoms with E-state index < -0.39 is 0 Å². The third kappa shape index (κ3) is 5.32. The Labute approximate surface area is 207 Å². The number of urea groups is 1. The van der Waals surface area contributed by atoms with Crippen LogP contribution < -0.4 is 21.3 Å². The molecule has 0 fully saturated rings. The highest BCUT2D eigenvalue weighted by molar-refractivity contribution is 6.33. The molecule has 1 aliphatic heterocycles. The van der Waals surface area contributed by atoms with E-state index in [1.165, 1.54) is 0 Å². The van der Waals surface area contributed by atoms with Crippen molar-refractivity contribution in [2.75, 3.05) is 21.3 Å². The number of aromatic nitrogens is 2. The molecule has 1 aliphatic carbocycles. The number of nitrogens with one attached hydrogen (secondary N) is 4. The van der Waals surface area contributed by atoms with Gasteiger partial charge < -0.3 is 21.3 Å². The zero-order valence-corrected chi connectivity index (χ0v) is 19.6. The second-order valence-electron chi connectivity index (χ2n) is 8.18. The molecule has 2 aromatic carbocycles. The molecule has 0 radical (unpaired) electrons. The standard InChI is InChI=1S/C25H22Cl2N6O/c26-17-4-2-6-19(13-17)31-25(34)32-22-10-9-20-12-16(22)8-7-15-3-1-5-18(11-15)30-24-28-14-21(27)23(29-20)33-24/h1-6,9-10,12-15H,7-8,11H2,(H2,31,32,34)(H2,28,29,30,33). The topological polar surface area (TPSA) is 91.0 Å². The van der Waals surface area contributed by atoms with Crippen LogP contribution >= 0.6 is 23.2 Å². The van der Waals surface area contributed by atoms with Crippen LogP contribution in [0.25, 0.3) is 0 Å². The molecule has 2 aliphatic rings. The molecule has 34 heavy (non-hydrogen) atoms. The number of hydrogen-bond acceptors (Lipinski definition) is 5. The number of hydrogen-bond donors (Lipinski definition) is 4. The van der Waals surface area contributed by atoms with E-state index in [0.29, 0.717) is 33.4 Å². The molecule has 0 saturated carbocycles. The molecule has 2 amide bonds. The number of carbonyl (C=O) groups excluding carboxylic acids is 1. The molecule has 1 aromatic heterocycles. The monoisotopic (exact) mass is 492 g/mol. The van der Waals surface area contributed by atoms with Crippen molar-refractivity contribution < 1.29 is 4.79 Å². The number of nitrogens with zero attached hydrogens (tertiary/aromatic N) is 2. The summed E-state index contributed by atoms with van der Waals surface area (Å²) in [5, 5.41) is 13.4. The summed E-state index contributed by atoms with van der Waals surface area (Å²) in [5.74, 6) is 1.35. The Kier molecular flexibility index (Phi) is 6.38. The van der Waals surface area contributed by atoms with Gasteiger partial charge in [-0.15, -0.1) is 0 Å². The summed E-state index contributed by atoms with van der Waals surface area (Å²) < 4.78 is 0. The quantitative estimate of drug-likeness (QED) is 0.309. The van der Waals surface area contributed by atoms with Gasteiger partial charge in [-0.3, -0.25) is 0 Å². The summed E-state index contributed by atoms with van der Waals surface area (Å²) in [6.07, 6.45) is 10.4. The lowest BCUT2D eigenvalue weighted by Gasteiger charge is -2.20. The maximum absolute atomic E-state index is 12.7. The van der Waals surface area contributed by atoms with E-state index >= 15 is 0 Å². The first-order valence-corrected chi connectivity index (χ1v) is 11.7. The average molecular weight is 493 g/mol. The Balaban J connectivity index is 1.43. The van der Waals surface area contributed by atoms with E-state index in [2.05, 4.69) is 43.4 Å². The molecule has 3 aromatic rings. The normalized spacial score (nSPS) is 16.5. The zero-order valence-electron chi connectivity index (χ0n) is 18.1. The SMILES string of the molecule is O=C(Nc1cccc(Cl)c1)Nc1ccc2cc1CCC1C=CC=C(C1)Nc1ncc(Cl)c(n1)N2. The zero-order chi connectivity index (χ0) is 23.5. The Morgan fingerprint density at radius 3 is 2.88 bits per heavy atom. The fourth-order valence-electron chi connectivity index (χ4n) is 4.03. The van der Waals surface area contributed by atoms with E-state index in [9.17, 15) is 4.79 Å². The lowest BCUT2D eigenvalue weighted by molar-refractivity contribution is 0.262. The molecule has 2 heterocycles. The van der Waals surface area contributed by atoms with Crippen molar-refractivity contribution in [2.24, 2.45) is 5.92 Å². The smallest absolute Gasteiger partial charge is 0.323 e. The number of fused-ring (bicyclic) bond motifs is 6. The molecule has 172 valence electrons. The molecular weight excluding hydrogens is 471 g/mol. The Bertz CT molecular complexity index is 1310. The molecule has 0 spiro atoms. The van der Waals surface area contributed by atoms with E-state index in [1.807, 2.05) is 24.3 Å². The van der Waals surface area contributed by atoms with Crippen molar-refractivity contribution >= 4 is 58.1 Å². The fraction of sp³-hybridized carbons (Fsp3) is 0.160. The number of halogens is 2. The Morgan fingerprint density at radius 2 is 2.00 bits per heavy atom. The van der Waals surface area contributed by atoms with Crippen molar-refractivity contribution in [3.63, 3.8) is 0 Å². The minimum atomic E-state index is -0.336. The Hall–Kier alpha value is -3.55. The van der Waals surface area contributed by atoms with Crippen molar-refractivity contribution in [1.29, 1.82) is 0 Å². The number of rotatable bonds is 2. The number of amides is 2. The van der Waals surface area contributed by atoms with Crippen LogP contribution in [0.5, 0.6) is 0 Å². The summed E-state index contributed by atoms with van der Waals surface area (Å²) >= 11 is 12.4. The third-order valence-electron chi connectivity index (χ3n) is 5.66. The van der Waals surface area contributed by atoms with Crippen LogP contribution in [0.1, 0.15) is 18.4 Å². The molecule has 6 bridgehead atoms. The second kappa shape index (κ2) is 9.75. The van der Waals surface area contributed by atoms with E-state index in [0.717, 1.165) is 41.9 Å². The van der Waals surface area contributed by atoms with Gasteiger partial charge in [-0.25, -0.2) is 9.78 Å². The average Bonchev–Trinajstić information content (AvgIpc) is 2.81. The predicted molar refractivity (Wildman–Crippen MR) is 138 cm³/mol. The van der Waals surface area contributed by atoms with Crippen LogP contribution in [0, 0.1) is 5.92 Å². The van der Waals surface area contributed by atoms with Crippen LogP contribution in [0.3, 0.4) is 0 Å². The maximum Gasteiger partial charge on any atom is 0.323 e. The molecule has 4 N–H and O–H groups in total. The third-order valence-corrected chi connectivity index (χ3v) is 6.17. The summed E-state index contributed by atoms with van der Waals surface area (Å²) in [6.45, 7) is 0. The summed E-state index contributed by atoms with van der Waals surface area (Å²) in [5.41, 5.74) is 4.23. The van der Waals surface area contributed by atoms with Gasteiger partial charge in [0.05, 0.1) is 6.20 Å². The number of benzene rings is 2. The molecule has 0 saturated heterocycles. The van der Waals surface area contributed by atoms with Gasteiger partial charge >= 0.3 is 6.03 Å². The van der Waals surface area contributed by atoms with Gasteiger partial charge in [0, 0.05) is 27.8 Å². The first-order chi connectivity index (χ1) is 16.5. The van der Waals surface area contributed by atoms with Gasteiger partial charge in [-0.1, -0.05) is 41.4 Å². The highest BCUT2D eigenvalue weighted by atomic mass is 35.5. The first-order valence-electron chi connectivity index (χ1n) is 10.9. The summed E-state index contributed by atoms with van der Waals surface area (Å²) in [6, 6.07) is 12.5. The predicted octanol–water partition coefficient (Wildman–Crippen LogP) is 6.99. The molecule has 1 atom stereocenters. The van der Waals surface area contributed by atoms with Crippen molar-refractivity contribution in [2.45, 2.75) is 19.3 Å². The van der Waals surface area contributed by atoms with E-state index in [1.54, 1.807) is 30.5 Å². The molecule has 5 rings (SSSR count). The lowest BCUT2D eigenvalue weighted by atomic mass is 9.91. The first kappa shape index (κ1) is 22.3. The van der Waals surface area contributed by atoms with Crippen molar-refractivity contribution in [3.8, 4) is 0 Å². The van der Waals surface area contributed by atoms with Crippen LogP contribution in [0.4, 0.5) is 33.6 Å². The highest BCUT2D eigenvalue weighted by Gasteiger charge is 2.17. The molecule has 9 heteroatoms. The second-order valence-corrected chi connectivity index (χ2v) is 9.02. The summed E-state index contributed by atoms with van der Waals surface area (Å²) in [7, 11) is 0. The summed E-state index contributed by atoms with van der Waals surface area (Å²) in [4.78, 5) is 21.5. The van der Waals surface area contributed by atoms with E-state index in [4.69, 9.17) is 23.2 Å². The highest BCUT2D eigenvalue weighted by Crippen LogP contribution is 2.31. The van der Waals surface area contributed by atoms with Gasteiger partial charge in [-0.2, -0.15) is 4.98 Å². The molecule has 7 nitrogen and oxygen atoms in total. The minimum absolute atomic E-state index is 0.336.